The molecular formula is C14H20ClN. The Morgan fingerprint density at radius 3 is 2.38 bits per heavy atom. The Hall–Kier alpha value is -0.530. The number of nitrogens with one attached hydrogen (secondary N) is 1. The van der Waals surface area contributed by atoms with E-state index in [1.807, 2.05) is 12.1 Å². The van der Waals surface area contributed by atoms with Crippen molar-refractivity contribution in [1.82, 2.24) is 5.32 Å². The Labute approximate surface area is 103 Å². The molecule has 2 heteroatoms. The van der Waals surface area contributed by atoms with Gasteiger partial charge in [0.15, 0.2) is 0 Å². The van der Waals surface area contributed by atoms with Gasteiger partial charge in [0.2, 0.25) is 0 Å². The Balaban J connectivity index is 1.91. The van der Waals surface area contributed by atoms with E-state index in [-0.39, 0.29) is 0 Å². The van der Waals surface area contributed by atoms with Gasteiger partial charge in [-0.3, -0.25) is 0 Å². The summed E-state index contributed by atoms with van der Waals surface area (Å²) in [6.07, 6.45) is 6.83. The van der Waals surface area contributed by atoms with Gasteiger partial charge >= 0.3 is 0 Å². The number of halogens is 1. The second-order valence-corrected chi connectivity index (χ2v) is 5.21. The van der Waals surface area contributed by atoms with Gasteiger partial charge in [0.05, 0.1) is 0 Å². The number of hydrogen-bond donors (Lipinski definition) is 1. The molecule has 0 bridgehead atoms. The summed E-state index contributed by atoms with van der Waals surface area (Å²) < 4.78 is 0. The van der Waals surface area contributed by atoms with Crippen LogP contribution in [0.3, 0.4) is 0 Å². The summed E-state index contributed by atoms with van der Waals surface area (Å²) in [5, 5.41) is 4.53. The van der Waals surface area contributed by atoms with Crippen LogP contribution < -0.4 is 5.32 Å². The van der Waals surface area contributed by atoms with Crippen LogP contribution in [0, 0.1) is 0 Å². The van der Waals surface area contributed by atoms with E-state index < -0.39 is 0 Å². The van der Waals surface area contributed by atoms with E-state index in [2.05, 4.69) is 24.4 Å². The fraction of sp³-hybridized carbons (Fsp3) is 0.571. The first-order valence-electron chi connectivity index (χ1n) is 6.27. The van der Waals surface area contributed by atoms with Gasteiger partial charge in [-0.1, -0.05) is 43.0 Å². The monoisotopic (exact) mass is 237 g/mol. The molecular weight excluding hydrogens is 218 g/mol. The van der Waals surface area contributed by atoms with Crippen LogP contribution in [-0.2, 0) is 0 Å². The molecule has 1 atom stereocenters. The fourth-order valence-corrected chi connectivity index (χ4v) is 2.60. The standard InChI is InChI=1S/C14H20ClN/c1-11(12-7-9-13(15)10-8-12)16-14-5-3-2-4-6-14/h7-11,14,16H,2-6H2,1H3/t11-/m1/s1. The summed E-state index contributed by atoms with van der Waals surface area (Å²) >= 11 is 5.89. The van der Waals surface area contributed by atoms with Gasteiger partial charge in [0.1, 0.15) is 0 Å². The van der Waals surface area contributed by atoms with Crippen LogP contribution >= 0.6 is 11.6 Å². The molecule has 1 aliphatic carbocycles. The topological polar surface area (TPSA) is 12.0 Å². The molecule has 0 aliphatic heterocycles. The highest BCUT2D eigenvalue weighted by Gasteiger charge is 2.15. The van der Waals surface area contributed by atoms with Crippen LogP contribution in [0.5, 0.6) is 0 Å². The summed E-state index contributed by atoms with van der Waals surface area (Å²) in [7, 11) is 0. The lowest BCUT2D eigenvalue weighted by molar-refractivity contribution is 0.347. The molecule has 0 aromatic heterocycles. The lowest BCUT2D eigenvalue weighted by Crippen LogP contribution is -2.33. The smallest absolute Gasteiger partial charge is 0.0406 e. The zero-order valence-electron chi connectivity index (χ0n) is 9.88. The highest BCUT2D eigenvalue weighted by Crippen LogP contribution is 2.22. The third kappa shape index (κ3) is 3.23. The Kier molecular flexibility index (Phi) is 4.25. The highest BCUT2D eigenvalue weighted by atomic mass is 35.5. The first kappa shape index (κ1) is 11.9. The van der Waals surface area contributed by atoms with Crippen molar-refractivity contribution in [2.24, 2.45) is 0 Å². The van der Waals surface area contributed by atoms with Gasteiger partial charge in [-0.2, -0.15) is 0 Å². The molecule has 16 heavy (non-hydrogen) atoms. The SMILES string of the molecule is C[C@@H](NC1CCCCC1)c1ccc(Cl)cc1. The summed E-state index contributed by atoms with van der Waals surface area (Å²) in [6.45, 7) is 2.23. The summed E-state index contributed by atoms with van der Waals surface area (Å²) in [5.74, 6) is 0. The Morgan fingerprint density at radius 2 is 1.75 bits per heavy atom. The van der Waals surface area contributed by atoms with Crippen LogP contribution in [-0.4, -0.2) is 6.04 Å². The van der Waals surface area contributed by atoms with Crippen molar-refractivity contribution in [1.29, 1.82) is 0 Å². The first-order valence-corrected chi connectivity index (χ1v) is 6.65. The number of hydrogen-bond acceptors (Lipinski definition) is 1. The van der Waals surface area contributed by atoms with Gasteiger partial charge in [0.25, 0.3) is 0 Å². The lowest BCUT2D eigenvalue weighted by Gasteiger charge is -2.26. The Morgan fingerprint density at radius 1 is 1.12 bits per heavy atom. The van der Waals surface area contributed by atoms with Crippen molar-refractivity contribution in [3.8, 4) is 0 Å². The third-order valence-electron chi connectivity index (χ3n) is 3.46. The lowest BCUT2D eigenvalue weighted by atomic mass is 9.94. The van der Waals surface area contributed by atoms with Crippen LogP contribution in [0.4, 0.5) is 0 Å². The minimum absolute atomic E-state index is 0.431. The summed E-state index contributed by atoms with van der Waals surface area (Å²) in [5.41, 5.74) is 1.33. The molecule has 1 nitrogen and oxygen atoms in total. The maximum Gasteiger partial charge on any atom is 0.0406 e. The van der Waals surface area contributed by atoms with Crippen molar-refractivity contribution < 1.29 is 0 Å². The maximum atomic E-state index is 5.89. The highest BCUT2D eigenvalue weighted by molar-refractivity contribution is 6.30. The average Bonchev–Trinajstić information content (AvgIpc) is 2.31. The minimum atomic E-state index is 0.431. The number of rotatable bonds is 3. The Bertz CT molecular complexity index is 314. The van der Waals surface area contributed by atoms with Gasteiger partial charge in [-0.05, 0) is 37.5 Å². The van der Waals surface area contributed by atoms with Crippen LogP contribution in [0.25, 0.3) is 0 Å². The molecule has 0 saturated heterocycles. The van der Waals surface area contributed by atoms with Crippen molar-refractivity contribution in [2.75, 3.05) is 0 Å². The molecule has 1 N–H and O–H groups in total. The van der Waals surface area contributed by atoms with Crippen LogP contribution in [0.1, 0.15) is 50.6 Å². The van der Waals surface area contributed by atoms with E-state index >= 15 is 0 Å². The molecule has 0 heterocycles. The third-order valence-corrected chi connectivity index (χ3v) is 3.71. The van der Waals surface area contributed by atoms with E-state index in [1.165, 1.54) is 37.7 Å². The zero-order chi connectivity index (χ0) is 11.4. The van der Waals surface area contributed by atoms with Crippen molar-refractivity contribution >= 4 is 11.6 Å². The minimum Gasteiger partial charge on any atom is -0.307 e. The molecule has 0 spiro atoms. The van der Waals surface area contributed by atoms with E-state index in [0.29, 0.717) is 12.1 Å². The second-order valence-electron chi connectivity index (χ2n) is 4.77. The summed E-state index contributed by atoms with van der Waals surface area (Å²) in [4.78, 5) is 0. The fourth-order valence-electron chi connectivity index (χ4n) is 2.47. The second kappa shape index (κ2) is 5.70. The van der Waals surface area contributed by atoms with E-state index in [4.69, 9.17) is 11.6 Å². The van der Waals surface area contributed by atoms with Gasteiger partial charge in [0, 0.05) is 17.1 Å². The predicted octanol–water partition coefficient (Wildman–Crippen LogP) is 4.32. The quantitative estimate of drug-likeness (QED) is 0.826. The van der Waals surface area contributed by atoms with E-state index in [9.17, 15) is 0 Å². The van der Waals surface area contributed by atoms with Gasteiger partial charge in [-0.25, -0.2) is 0 Å². The normalized spacial score (nSPS) is 19.6. The molecule has 1 aliphatic rings. The average molecular weight is 238 g/mol. The van der Waals surface area contributed by atoms with E-state index in [1.54, 1.807) is 0 Å². The summed E-state index contributed by atoms with van der Waals surface area (Å²) in [6, 6.07) is 9.30. The predicted molar refractivity (Wildman–Crippen MR) is 69.9 cm³/mol. The van der Waals surface area contributed by atoms with Crippen LogP contribution in [0.2, 0.25) is 5.02 Å². The molecule has 1 aromatic carbocycles. The molecule has 0 amide bonds. The van der Waals surface area contributed by atoms with Gasteiger partial charge in [-0.15, -0.1) is 0 Å². The molecule has 0 unspecified atom stereocenters. The van der Waals surface area contributed by atoms with Crippen molar-refractivity contribution in [3.63, 3.8) is 0 Å². The first-order chi connectivity index (χ1) is 7.75. The van der Waals surface area contributed by atoms with Crippen LogP contribution in [0.15, 0.2) is 24.3 Å². The molecule has 1 saturated carbocycles. The molecule has 88 valence electrons. The van der Waals surface area contributed by atoms with Crippen molar-refractivity contribution in [3.05, 3.63) is 34.9 Å². The number of benzene rings is 1. The van der Waals surface area contributed by atoms with E-state index in [0.717, 1.165) is 5.02 Å². The van der Waals surface area contributed by atoms with Gasteiger partial charge < -0.3 is 5.32 Å². The molecule has 1 fully saturated rings. The van der Waals surface area contributed by atoms with Crippen molar-refractivity contribution in [2.45, 2.75) is 51.1 Å². The molecule has 2 rings (SSSR count). The molecule has 0 radical (unpaired) electrons. The maximum absolute atomic E-state index is 5.89. The molecule has 1 aromatic rings. The zero-order valence-corrected chi connectivity index (χ0v) is 10.6. The largest absolute Gasteiger partial charge is 0.307 e.